The number of nitrogens with two attached hydrogens (primary N) is 1. The average molecular weight is 266 g/mol. The van der Waals surface area contributed by atoms with Gasteiger partial charge in [-0.1, -0.05) is 0 Å². The molecule has 0 aliphatic rings. The maximum absolute atomic E-state index is 5.62. The zero-order valence-electron chi connectivity index (χ0n) is 12.7. The minimum atomic E-state index is 0.455. The molecule has 0 saturated carbocycles. The highest BCUT2D eigenvalue weighted by Crippen LogP contribution is 2.29. The number of hydrogen-bond donors (Lipinski definition) is 1. The number of ether oxygens (including phenoxy) is 2. The first-order valence-corrected chi connectivity index (χ1v) is 6.65. The molecule has 0 saturated heterocycles. The minimum absolute atomic E-state index is 0.455. The Hall–Kier alpha value is -1.26. The van der Waals surface area contributed by atoms with Crippen LogP contribution in [0, 0.1) is 6.92 Å². The first-order valence-electron chi connectivity index (χ1n) is 6.65. The Morgan fingerprint density at radius 1 is 1.26 bits per heavy atom. The molecule has 0 aromatic heterocycles. The second-order valence-electron chi connectivity index (χ2n) is 4.97. The van der Waals surface area contributed by atoms with Gasteiger partial charge < -0.3 is 15.2 Å². The second kappa shape index (κ2) is 7.36. The van der Waals surface area contributed by atoms with E-state index < -0.39 is 0 Å². The van der Waals surface area contributed by atoms with Crippen molar-refractivity contribution >= 4 is 0 Å². The summed E-state index contributed by atoms with van der Waals surface area (Å²) in [5, 5.41) is 0. The fraction of sp³-hybridized carbons (Fsp3) is 0.600. The summed E-state index contributed by atoms with van der Waals surface area (Å²) in [6.07, 6.45) is 0.994. The van der Waals surface area contributed by atoms with Gasteiger partial charge in [-0.3, -0.25) is 4.90 Å². The van der Waals surface area contributed by atoms with Gasteiger partial charge in [-0.25, -0.2) is 0 Å². The average Bonchev–Trinajstić information content (AvgIpc) is 2.40. The molecular formula is C15H26N2O2. The van der Waals surface area contributed by atoms with Crippen molar-refractivity contribution in [2.75, 3.05) is 27.8 Å². The van der Waals surface area contributed by atoms with Crippen LogP contribution in [-0.4, -0.2) is 38.8 Å². The molecule has 2 N–H and O–H groups in total. The molecule has 1 atom stereocenters. The Morgan fingerprint density at radius 2 is 1.95 bits per heavy atom. The molecule has 19 heavy (non-hydrogen) atoms. The molecule has 4 nitrogen and oxygen atoms in total. The number of aryl methyl sites for hydroxylation is 1. The normalized spacial score (nSPS) is 12.6. The van der Waals surface area contributed by atoms with Crippen LogP contribution in [0.3, 0.4) is 0 Å². The van der Waals surface area contributed by atoms with E-state index in [4.69, 9.17) is 15.2 Å². The lowest BCUT2D eigenvalue weighted by Crippen LogP contribution is -2.30. The molecule has 1 aromatic carbocycles. The largest absolute Gasteiger partial charge is 0.497 e. The molecule has 1 aromatic rings. The number of benzene rings is 1. The van der Waals surface area contributed by atoms with E-state index >= 15 is 0 Å². The van der Waals surface area contributed by atoms with E-state index in [1.165, 1.54) is 11.1 Å². The molecule has 0 radical (unpaired) electrons. The smallest absolute Gasteiger partial charge is 0.127 e. The van der Waals surface area contributed by atoms with Gasteiger partial charge in [0.15, 0.2) is 0 Å². The molecule has 0 aliphatic heterocycles. The Labute approximate surface area is 116 Å². The monoisotopic (exact) mass is 266 g/mol. The maximum atomic E-state index is 5.62. The first-order chi connectivity index (χ1) is 9.03. The van der Waals surface area contributed by atoms with Crippen molar-refractivity contribution in [3.63, 3.8) is 0 Å². The zero-order chi connectivity index (χ0) is 14.4. The summed E-state index contributed by atoms with van der Waals surface area (Å²) in [4.78, 5) is 2.30. The molecule has 1 unspecified atom stereocenters. The third kappa shape index (κ3) is 4.11. The summed E-state index contributed by atoms with van der Waals surface area (Å²) in [7, 11) is 5.48. The molecule has 4 heteroatoms. The highest BCUT2D eigenvalue weighted by molar-refractivity contribution is 5.46. The van der Waals surface area contributed by atoms with Crippen LogP contribution in [0.1, 0.15) is 24.5 Å². The summed E-state index contributed by atoms with van der Waals surface area (Å²) >= 11 is 0. The highest BCUT2D eigenvalue weighted by atomic mass is 16.5. The minimum Gasteiger partial charge on any atom is -0.497 e. The number of methoxy groups -OCH3 is 2. The van der Waals surface area contributed by atoms with Gasteiger partial charge in [0.25, 0.3) is 0 Å². The highest BCUT2D eigenvalue weighted by Gasteiger charge is 2.15. The van der Waals surface area contributed by atoms with Crippen LogP contribution < -0.4 is 15.2 Å². The van der Waals surface area contributed by atoms with Crippen LogP contribution in [0.2, 0.25) is 0 Å². The Morgan fingerprint density at radius 3 is 2.47 bits per heavy atom. The lowest BCUT2D eigenvalue weighted by Gasteiger charge is -2.26. The van der Waals surface area contributed by atoms with Gasteiger partial charge in [0.2, 0.25) is 0 Å². The van der Waals surface area contributed by atoms with Crippen LogP contribution >= 0.6 is 0 Å². The summed E-state index contributed by atoms with van der Waals surface area (Å²) in [5.74, 6) is 1.71. The van der Waals surface area contributed by atoms with Crippen LogP contribution in [0.15, 0.2) is 12.1 Å². The fourth-order valence-electron chi connectivity index (χ4n) is 2.12. The predicted octanol–water partition coefficient (Wildman–Crippen LogP) is 2.18. The van der Waals surface area contributed by atoms with Crippen molar-refractivity contribution in [3.8, 4) is 11.5 Å². The van der Waals surface area contributed by atoms with Gasteiger partial charge in [0.05, 0.1) is 14.2 Å². The van der Waals surface area contributed by atoms with Crippen LogP contribution in [0.4, 0.5) is 0 Å². The topological polar surface area (TPSA) is 47.7 Å². The van der Waals surface area contributed by atoms with E-state index in [1.807, 2.05) is 12.1 Å². The Kier molecular flexibility index (Phi) is 6.12. The van der Waals surface area contributed by atoms with E-state index in [-0.39, 0.29) is 0 Å². The van der Waals surface area contributed by atoms with Crippen molar-refractivity contribution in [3.05, 3.63) is 23.3 Å². The first kappa shape index (κ1) is 15.8. The standard InChI is InChI=1S/C15H26N2O2/c1-11-8-13(18-4)9-15(19-5)14(11)10-17(3)12(2)6-7-16/h8-9,12H,6-7,10,16H2,1-5H3. The van der Waals surface area contributed by atoms with Gasteiger partial charge in [0.1, 0.15) is 11.5 Å². The molecule has 0 spiro atoms. The van der Waals surface area contributed by atoms with Gasteiger partial charge >= 0.3 is 0 Å². The van der Waals surface area contributed by atoms with E-state index in [1.54, 1.807) is 14.2 Å². The molecule has 108 valence electrons. The lowest BCUT2D eigenvalue weighted by molar-refractivity contribution is 0.236. The molecule has 0 aliphatic carbocycles. The zero-order valence-corrected chi connectivity index (χ0v) is 12.7. The lowest BCUT2D eigenvalue weighted by atomic mass is 10.1. The van der Waals surface area contributed by atoms with E-state index in [2.05, 4.69) is 25.8 Å². The maximum Gasteiger partial charge on any atom is 0.127 e. The van der Waals surface area contributed by atoms with Crippen molar-refractivity contribution in [1.29, 1.82) is 0 Å². The number of nitrogens with zero attached hydrogens (tertiary/aromatic N) is 1. The second-order valence-corrected chi connectivity index (χ2v) is 4.97. The van der Waals surface area contributed by atoms with Gasteiger partial charge in [-0.2, -0.15) is 0 Å². The summed E-state index contributed by atoms with van der Waals surface area (Å²) in [6.45, 7) is 5.84. The Balaban J connectivity index is 2.93. The van der Waals surface area contributed by atoms with E-state index in [0.29, 0.717) is 12.6 Å². The predicted molar refractivity (Wildman–Crippen MR) is 78.9 cm³/mol. The number of hydrogen-bond acceptors (Lipinski definition) is 4. The molecule has 1 rings (SSSR count). The summed E-state index contributed by atoms with van der Waals surface area (Å²) in [5.41, 5.74) is 8.00. The number of rotatable bonds is 7. The summed E-state index contributed by atoms with van der Waals surface area (Å²) in [6, 6.07) is 4.43. The van der Waals surface area contributed by atoms with E-state index in [0.717, 1.165) is 24.5 Å². The van der Waals surface area contributed by atoms with Crippen molar-refractivity contribution in [2.45, 2.75) is 32.9 Å². The molecule has 0 heterocycles. The van der Waals surface area contributed by atoms with Crippen molar-refractivity contribution in [2.24, 2.45) is 5.73 Å². The van der Waals surface area contributed by atoms with Crippen LogP contribution in [0.25, 0.3) is 0 Å². The van der Waals surface area contributed by atoms with Gasteiger partial charge in [-0.15, -0.1) is 0 Å². The molecule has 0 fully saturated rings. The Bertz CT molecular complexity index is 407. The fourth-order valence-corrected chi connectivity index (χ4v) is 2.12. The van der Waals surface area contributed by atoms with Gasteiger partial charge in [-0.05, 0) is 45.5 Å². The van der Waals surface area contributed by atoms with Crippen molar-refractivity contribution in [1.82, 2.24) is 4.90 Å². The molecular weight excluding hydrogens is 240 g/mol. The van der Waals surface area contributed by atoms with Crippen LogP contribution in [-0.2, 0) is 6.54 Å². The quantitative estimate of drug-likeness (QED) is 0.822. The summed E-state index contributed by atoms with van der Waals surface area (Å²) < 4.78 is 10.8. The van der Waals surface area contributed by atoms with E-state index in [9.17, 15) is 0 Å². The molecule has 0 bridgehead atoms. The third-order valence-corrected chi connectivity index (χ3v) is 3.61. The van der Waals surface area contributed by atoms with Crippen molar-refractivity contribution < 1.29 is 9.47 Å². The van der Waals surface area contributed by atoms with Crippen LogP contribution in [0.5, 0.6) is 11.5 Å². The SMILES string of the molecule is COc1cc(C)c(CN(C)C(C)CCN)c(OC)c1. The van der Waals surface area contributed by atoms with Gasteiger partial charge in [0, 0.05) is 24.2 Å². The molecule has 0 amide bonds. The third-order valence-electron chi connectivity index (χ3n) is 3.61.